The lowest BCUT2D eigenvalue weighted by Crippen LogP contribution is -2.21. The zero-order valence-electron chi connectivity index (χ0n) is 13.1. The maximum atomic E-state index is 13.6. The first-order valence-electron chi connectivity index (χ1n) is 7.59. The van der Waals surface area contributed by atoms with Crippen LogP contribution in [0, 0.1) is 11.6 Å². The van der Waals surface area contributed by atoms with Crippen LogP contribution in [0.15, 0.2) is 46.9 Å². The average molecular weight is 359 g/mol. The number of fused-ring (bicyclic) bond motifs is 1. The van der Waals surface area contributed by atoms with Crippen molar-refractivity contribution in [3.05, 3.63) is 65.6 Å². The van der Waals surface area contributed by atoms with Gasteiger partial charge in [0, 0.05) is 0 Å². The van der Waals surface area contributed by atoms with Gasteiger partial charge in [-0.25, -0.2) is 8.78 Å². The molecular formula is C17H11F2N3O4. The van der Waals surface area contributed by atoms with Crippen LogP contribution in [0.4, 0.5) is 14.8 Å². The van der Waals surface area contributed by atoms with E-state index < -0.39 is 29.2 Å². The molecular weight excluding hydrogens is 348 g/mol. The van der Waals surface area contributed by atoms with Crippen molar-refractivity contribution in [2.24, 2.45) is 0 Å². The summed E-state index contributed by atoms with van der Waals surface area (Å²) in [5, 5.41) is 9.59. The number of hydrogen-bond acceptors (Lipinski definition) is 6. The number of para-hydroxylation sites is 2. The van der Waals surface area contributed by atoms with Crippen molar-refractivity contribution in [1.82, 2.24) is 10.2 Å². The Balaban J connectivity index is 1.50. The van der Waals surface area contributed by atoms with E-state index in [-0.39, 0.29) is 18.5 Å². The number of carbonyl (C=O) groups is 1. The fourth-order valence-electron chi connectivity index (χ4n) is 2.43. The van der Waals surface area contributed by atoms with Gasteiger partial charge in [0.05, 0.1) is 0 Å². The van der Waals surface area contributed by atoms with E-state index >= 15 is 0 Å². The van der Waals surface area contributed by atoms with Gasteiger partial charge < -0.3 is 13.9 Å². The van der Waals surface area contributed by atoms with E-state index in [9.17, 15) is 13.6 Å². The number of carbonyl (C=O) groups excluding carboxylic acids is 1. The molecule has 26 heavy (non-hydrogen) atoms. The number of nitrogens with one attached hydrogen (secondary N) is 1. The summed E-state index contributed by atoms with van der Waals surface area (Å²) in [5.74, 6) is -1.87. The second-order valence-electron chi connectivity index (χ2n) is 5.36. The smallest absolute Gasteiger partial charge is 0.322 e. The Morgan fingerprint density at radius 1 is 1.04 bits per heavy atom. The Kier molecular flexibility index (Phi) is 3.96. The summed E-state index contributed by atoms with van der Waals surface area (Å²) in [6.45, 7) is 0.133. The van der Waals surface area contributed by atoms with Crippen LogP contribution in [-0.4, -0.2) is 22.7 Å². The number of hydrogen-bond donors (Lipinski definition) is 1. The topological polar surface area (TPSA) is 86.5 Å². The van der Waals surface area contributed by atoms with Crippen molar-refractivity contribution in [1.29, 1.82) is 0 Å². The number of halogens is 2. The highest BCUT2D eigenvalue weighted by Crippen LogP contribution is 2.35. The second kappa shape index (κ2) is 6.43. The second-order valence-corrected chi connectivity index (χ2v) is 5.36. The molecule has 7 nitrogen and oxygen atoms in total. The molecule has 1 aromatic heterocycles. The summed E-state index contributed by atoms with van der Waals surface area (Å²) >= 11 is 0. The highest BCUT2D eigenvalue weighted by atomic mass is 19.1. The number of ether oxygens (including phenoxy) is 2. The van der Waals surface area contributed by atoms with Gasteiger partial charge in [-0.2, -0.15) is 0 Å². The van der Waals surface area contributed by atoms with Crippen LogP contribution >= 0.6 is 0 Å². The van der Waals surface area contributed by atoms with E-state index in [1.165, 1.54) is 0 Å². The standard InChI is InChI=1S/C17H11F2N3O4/c18-9-4-3-5-10(19)14(9)15(23)20-17-22-21-16(26-17)13-8-24-11-6-1-2-7-12(11)25-13/h1-7,13H,8H2,(H,20,22,23)/t13-/m0/s1. The molecule has 3 aromatic rings. The van der Waals surface area contributed by atoms with Crippen molar-refractivity contribution in [3.63, 3.8) is 0 Å². The minimum Gasteiger partial charge on any atom is -0.485 e. The Bertz CT molecular complexity index is 956. The van der Waals surface area contributed by atoms with Crippen molar-refractivity contribution in [2.45, 2.75) is 6.10 Å². The van der Waals surface area contributed by atoms with Gasteiger partial charge in [-0.1, -0.05) is 23.3 Å². The molecule has 0 unspecified atom stereocenters. The highest BCUT2D eigenvalue weighted by Gasteiger charge is 2.28. The molecule has 1 amide bonds. The third-order valence-corrected chi connectivity index (χ3v) is 3.63. The molecule has 0 fully saturated rings. The number of nitrogens with zero attached hydrogens (tertiary/aromatic N) is 2. The Labute approximate surface area is 145 Å². The van der Waals surface area contributed by atoms with E-state index in [0.717, 1.165) is 18.2 Å². The fourth-order valence-corrected chi connectivity index (χ4v) is 2.43. The summed E-state index contributed by atoms with van der Waals surface area (Å²) in [5.41, 5.74) is -0.738. The van der Waals surface area contributed by atoms with E-state index in [1.54, 1.807) is 18.2 Å². The SMILES string of the molecule is O=C(Nc1nnc([C@@H]2COc3ccccc3O2)o1)c1c(F)cccc1F. The van der Waals surface area contributed by atoms with Gasteiger partial charge in [-0.05, 0) is 24.3 Å². The van der Waals surface area contributed by atoms with E-state index in [4.69, 9.17) is 13.9 Å². The van der Waals surface area contributed by atoms with Crippen LogP contribution in [0.1, 0.15) is 22.4 Å². The number of rotatable bonds is 3. The number of aromatic nitrogens is 2. The summed E-state index contributed by atoms with van der Waals surface area (Å²) in [6, 6.07) is 9.87. The summed E-state index contributed by atoms with van der Waals surface area (Å²) < 4.78 is 43.8. The van der Waals surface area contributed by atoms with Crippen LogP contribution in [0.3, 0.4) is 0 Å². The molecule has 132 valence electrons. The minimum absolute atomic E-state index is 0.0591. The summed E-state index contributed by atoms with van der Waals surface area (Å²) in [4.78, 5) is 12.0. The zero-order chi connectivity index (χ0) is 18.1. The average Bonchev–Trinajstić information content (AvgIpc) is 3.09. The van der Waals surface area contributed by atoms with E-state index in [2.05, 4.69) is 15.5 Å². The number of amides is 1. The quantitative estimate of drug-likeness (QED) is 0.773. The molecule has 1 N–H and O–H groups in total. The molecule has 4 rings (SSSR count). The van der Waals surface area contributed by atoms with E-state index in [0.29, 0.717) is 11.5 Å². The third kappa shape index (κ3) is 2.94. The van der Waals surface area contributed by atoms with Crippen molar-refractivity contribution in [3.8, 4) is 11.5 Å². The molecule has 1 aliphatic rings. The molecule has 1 atom stereocenters. The number of benzene rings is 2. The monoisotopic (exact) mass is 359 g/mol. The van der Waals surface area contributed by atoms with Crippen LogP contribution in [0.25, 0.3) is 0 Å². The molecule has 2 aromatic carbocycles. The summed E-state index contributed by atoms with van der Waals surface area (Å²) in [6.07, 6.45) is -0.673. The van der Waals surface area contributed by atoms with Gasteiger partial charge in [0.25, 0.3) is 11.8 Å². The van der Waals surface area contributed by atoms with Crippen LogP contribution in [-0.2, 0) is 0 Å². The van der Waals surface area contributed by atoms with Crippen LogP contribution in [0.5, 0.6) is 11.5 Å². The first-order chi connectivity index (χ1) is 12.6. The maximum Gasteiger partial charge on any atom is 0.322 e. The van der Waals surface area contributed by atoms with Gasteiger partial charge in [0.15, 0.2) is 11.5 Å². The van der Waals surface area contributed by atoms with Crippen molar-refractivity contribution < 1.29 is 27.5 Å². The van der Waals surface area contributed by atoms with Gasteiger partial charge >= 0.3 is 6.01 Å². The third-order valence-electron chi connectivity index (χ3n) is 3.63. The molecule has 0 aliphatic carbocycles. The normalized spacial score (nSPS) is 15.5. The minimum atomic E-state index is -1.04. The first-order valence-corrected chi connectivity index (χ1v) is 7.59. The lowest BCUT2D eigenvalue weighted by atomic mass is 10.2. The van der Waals surface area contributed by atoms with Gasteiger partial charge in [-0.3, -0.25) is 10.1 Å². The van der Waals surface area contributed by atoms with Gasteiger partial charge in [-0.15, -0.1) is 5.10 Å². The Hall–Kier alpha value is -3.49. The molecule has 2 heterocycles. The Morgan fingerprint density at radius 3 is 2.54 bits per heavy atom. The molecule has 0 radical (unpaired) electrons. The fraction of sp³-hybridized carbons (Fsp3) is 0.118. The van der Waals surface area contributed by atoms with Crippen molar-refractivity contribution >= 4 is 11.9 Å². The number of anilines is 1. The molecule has 1 aliphatic heterocycles. The van der Waals surface area contributed by atoms with Crippen molar-refractivity contribution in [2.75, 3.05) is 11.9 Å². The van der Waals surface area contributed by atoms with Gasteiger partial charge in [0.2, 0.25) is 6.10 Å². The summed E-state index contributed by atoms with van der Waals surface area (Å²) in [7, 11) is 0. The van der Waals surface area contributed by atoms with Gasteiger partial charge in [0.1, 0.15) is 23.8 Å². The zero-order valence-corrected chi connectivity index (χ0v) is 13.1. The molecule has 0 bridgehead atoms. The molecule has 0 saturated carbocycles. The molecule has 0 spiro atoms. The Morgan fingerprint density at radius 2 is 1.77 bits per heavy atom. The van der Waals surface area contributed by atoms with Crippen LogP contribution in [0.2, 0.25) is 0 Å². The lowest BCUT2D eigenvalue weighted by Gasteiger charge is -2.23. The van der Waals surface area contributed by atoms with E-state index in [1.807, 2.05) is 6.07 Å². The highest BCUT2D eigenvalue weighted by molar-refractivity contribution is 6.03. The molecule has 9 heteroatoms. The lowest BCUT2D eigenvalue weighted by molar-refractivity contribution is 0.0716. The largest absolute Gasteiger partial charge is 0.485 e. The maximum absolute atomic E-state index is 13.6. The predicted molar refractivity (Wildman–Crippen MR) is 83.9 cm³/mol. The predicted octanol–water partition coefficient (Wildman–Crippen LogP) is 3.11. The first kappa shape index (κ1) is 16.0. The molecule has 0 saturated heterocycles. The van der Waals surface area contributed by atoms with Crippen LogP contribution < -0.4 is 14.8 Å².